The van der Waals surface area contributed by atoms with Gasteiger partial charge in [-0.25, -0.2) is 9.18 Å². The second-order valence-electron chi connectivity index (χ2n) is 5.99. The third kappa shape index (κ3) is 4.20. The van der Waals surface area contributed by atoms with Crippen molar-refractivity contribution in [2.24, 2.45) is 0 Å². The first-order valence-electron chi connectivity index (χ1n) is 8.32. The molecule has 2 fully saturated rings. The highest BCUT2D eigenvalue weighted by Crippen LogP contribution is 2.28. The lowest BCUT2D eigenvalue weighted by atomic mass is 10.2. The fraction of sp³-hybridized carbons (Fsp3) is 0.471. The highest BCUT2D eigenvalue weighted by atomic mass is 32.1. The van der Waals surface area contributed by atoms with Crippen LogP contribution in [-0.4, -0.2) is 56.6 Å². The molecule has 0 saturated carbocycles. The molecule has 0 aliphatic carbocycles. The first-order chi connectivity index (χ1) is 12.6. The Hall–Kier alpha value is -2.44. The molecule has 0 unspecified atom stereocenters. The predicted octanol–water partition coefficient (Wildman–Crippen LogP) is 1.82. The van der Waals surface area contributed by atoms with Gasteiger partial charge in [0.15, 0.2) is 0 Å². The standard InChI is InChI=1S/C17H19FN4O3S/c18-14-9-12(1-2-15(14)21-5-7-24-8-6-21)22-11-13(25-17(22)23)10-20-16(26)3-4-19/h1-2,9,13H,3,5-8,10-11H2,(H,20,26)/t13-/m0/s1. The van der Waals surface area contributed by atoms with E-state index in [2.05, 4.69) is 5.32 Å². The fourth-order valence-electron chi connectivity index (χ4n) is 2.93. The van der Waals surface area contributed by atoms with Crippen LogP contribution in [0.25, 0.3) is 0 Å². The summed E-state index contributed by atoms with van der Waals surface area (Å²) in [6.07, 6.45) is -0.823. The minimum absolute atomic E-state index is 0.119. The molecule has 3 rings (SSSR count). The van der Waals surface area contributed by atoms with Gasteiger partial charge in [-0.3, -0.25) is 4.90 Å². The summed E-state index contributed by atoms with van der Waals surface area (Å²) in [5.74, 6) is -0.381. The molecular formula is C17H19FN4O3S. The van der Waals surface area contributed by atoms with Gasteiger partial charge in [0.25, 0.3) is 0 Å². The summed E-state index contributed by atoms with van der Waals surface area (Å²) in [5.41, 5.74) is 0.955. The number of cyclic esters (lactones) is 1. The Morgan fingerprint density at radius 3 is 2.88 bits per heavy atom. The van der Waals surface area contributed by atoms with Crippen molar-refractivity contribution in [3.63, 3.8) is 0 Å². The molecule has 1 aromatic carbocycles. The normalized spacial score (nSPS) is 19.8. The number of hydrogen-bond acceptors (Lipinski definition) is 6. The number of halogens is 1. The number of amides is 1. The number of nitrogens with zero attached hydrogens (tertiary/aromatic N) is 3. The van der Waals surface area contributed by atoms with E-state index in [1.54, 1.807) is 12.1 Å². The summed E-state index contributed by atoms with van der Waals surface area (Å²) < 4.78 is 25.1. The van der Waals surface area contributed by atoms with Gasteiger partial charge in [0, 0.05) is 13.1 Å². The molecule has 0 spiro atoms. The molecule has 26 heavy (non-hydrogen) atoms. The lowest BCUT2D eigenvalue weighted by Crippen LogP contribution is -2.36. The predicted molar refractivity (Wildman–Crippen MR) is 97.9 cm³/mol. The van der Waals surface area contributed by atoms with Crippen LogP contribution >= 0.6 is 12.2 Å². The summed E-state index contributed by atoms with van der Waals surface area (Å²) >= 11 is 4.98. The van der Waals surface area contributed by atoms with Crippen LogP contribution in [0.5, 0.6) is 0 Å². The lowest BCUT2D eigenvalue weighted by Gasteiger charge is -2.29. The van der Waals surface area contributed by atoms with Gasteiger partial charge in [-0.05, 0) is 18.2 Å². The van der Waals surface area contributed by atoms with E-state index in [1.807, 2.05) is 11.0 Å². The highest BCUT2D eigenvalue weighted by Gasteiger charge is 2.32. The van der Waals surface area contributed by atoms with Gasteiger partial charge in [0.2, 0.25) is 0 Å². The maximum atomic E-state index is 14.5. The fourth-order valence-corrected chi connectivity index (χ4v) is 3.07. The summed E-state index contributed by atoms with van der Waals surface area (Å²) in [6, 6.07) is 6.69. The number of hydrogen-bond donors (Lipinski definition) is 1. The third-order valence-corrected chi connectivity index (χ3v) is 4.52. The zero-order valence-electron chi connectivity index (χ0n) is 14.1. The van der Waals surface area contributed by atoms with Gasteiger partial charge in [-0.1, -0.05) is 12.2 Å². The number of carbonyl (C=O) groups excluding carboxylic acids is 1. The molecule has 2 aliphatic rings. The first-order valence-corrected chi connectivity index (χ1v) is 8.73. The zero-order valence-corrected chi connectivity index (χ0v) is 14.9. The number of thiocarbonyl (C=S) groups is 1. The molecule has 1 N–H and O–H groups in total. The summed E-state index contributed by atoms with van der Waals surface area (Å²) in [4.78, 5) is 15.8. The summed E-state index contributed by atoms with van der Waals surface area (Å²) in [6.45, 7) is 3.02. The Balaban J connectivity index is 1.63. The Bertz CT molecular complexity index is 733. The van der Waals surface area contributed by atoms with E-state index in [4.69, 9.17) is 27.0 Å². The van der Waals surface area contributed by atoms with Crippen LogP contribution < -0.4 is 15.1 Å². The Kier molecular flexibility index (Phi) is 5.85. The lowest BCUT2D eigenvalue weighted by molar-refractivity contribution is 0.122. The van der Waals surface area contributed by atoms with Crippen LogP contribution in [0.1, 0.15) is 6.42 Å². The van der Waals surface area contributed by atoms with Crippen LogP contribution in [0.2, 0.25) is 0 Å². The molecule has 0 bridgehead atoms. The first kappa shape index (κ1) is 18.4. The van der Waals surface area contributed by atoms with Crippen LogP contribution in [0.3, 0.4) is 0 Å². The Morgan fingerprint density at radius 2 is 2.19 bits per heavy atom. The van der Waals surface area contributed by atoms with E-state index >= 15 is 0 Å². The number of carbonyl (C=O) groups is 1. The van der Waals surface area contributed by atoms with Crippen molar-refractivity contribution < 1.29 is 18.7 Å². The third-order valence-electron chi connectivity index (χ3n) is 4.24. The number of benzene rings is 1. The van der Waals surface area contributed by atoms with Crippen molar-refractivity contribution in [3.05, 3.63) is 24.0 Å². The second-order valence-corrected chi connectivity index (χ2v) is 6.48. The van der Waals surface area contributed by atoms with Crippen molar-refractivity contribution in [2.45, 2.75) is 12.5 Å². The van der Waals surface area contributed by atoms with Crippen LogP contribution in [0, 0.1) is 17.1 Å². The monoisotopic (exact) mass is 378 g/mol. The van der Waals surface area contributed by atoms with Crippen molar-refractivity contribution in [1.29, 1.82) is 5.26 Å². The topological polar surface area (TPSA) is 77.8 Å². The van der Waals surface area contributed by atoms with E-state index in [9.17, 15) is 9.18 Å². The average Bonchev–Trinajstić information content (AvgIpc) is 3.02. The molecule has 9 heteroatoms. The number of anilines is 2. The minimum atomic E-state index is -0.526. The van der Waals surface area contributed by atoms with Crippen molar-refractivity contribution in [1.82, 2.24) is 5.32 Å². The SMILES string of the molecule is N#CCC(=S)NC[C@H]1CN(c2ccc(N3CCOCC3)c(F)c2)C(=O)O1. The van der Waals surface area contributed by atoms with Crippen molar-refractivity contribution in [3.8, 4) is 6.07 Å². The van der Waals surface area contributed by atoms with Gasteiger partial charge in [-0.15, -0.1) is 0 Å². The minimum Gasteiger partial charge on any atom is -0.442 e. The maximum Gasteiger partial charge on any atom is 0.414 e. The summed E-state index contributed by atoms with van der Waals surface area (Å²) in [7, 11) is 0. The van der Waals surface area contributed by atoms with Gasteiger partial charge < -0.3 is 19.7 Å². The average molecular weight is 378 g/mol. The number of morpholine rings is 1. The van der Waals surface area contributed by atoms with Crippen molar-refractivity contribution >= 4 is 34.7 Å². The molecule has 138 valence electrons. The van der Waals surface area contributed by atoms with Crippen LogP contribution in [0.4, 0.5) is 20.6 Å². The van der Waals surface area contributed by atoms with Gasteiger partial charge in [-0.2, -0.15) is 5.26 Å². The smallest absolute Gasteiger partial charge is 0.414 e. The molecule has 7 nitrogen and oxygen atoms in total. The quantitative estimate of drug-likeness (QED) is 0.783. The van der Waals surface area contributed by atoms with Crippen molar-refractivity contribution in [2.75, 3.05) is 49.2 Å². The number of nitriles is 1. The second kappa shape index (κ2) is 8.29. The van der Waals surface area contributed by atoms with E-state index < -0.39 is 12.2 Å². The van der Waals surface area contributed by atoms with Crippen LogP contribution in [-0.2, 0) is 9.47 Å². The van der Waals surface area contributed by atoms with Gasteiger partial charge in [0.1, 0.15) is 11.9 Å². The molecule has 0 aromatic heterocycles. The van der Waals surface area contributed by atoms with Gasteiger partial charge >= 0.3 is 6.09 Å². The molecule has 1 aromatic rings. The molecule has 2 aliphatic heterocycles. The summed E-state index contributed by atoms with van der Waals surface area (Å²) in [5, 5.41) is 11.5. The molecule has 2 heterocycles. The van der Waals surface area contributed by atoms with E-state index in [0.29, 0.717) is 49.2 Å². The van der Waals surface area contributed by atoms with E-state index in [1.165, 1.54) is 11.0 Å². The molecule has 0 radical (unpaired) electrons. The van der Waals surface area contributed by atoms with Crippen LogP contribution in [0.15, 0.2) is 18.2 Å². The zero-order chi connectivity index (χ0) is 18.5. The van der Waals surface area contributed by atoms with E-state index in [-0.39, 0.29) is 18.8 Å². The number of rotatable bonds is 5. The van der Waals surface area contributed by atoms with E-state index in [0.717, 1.165) is 0 Å². The number of nitrogens with one attached hydrogen (secondary N) is 1. The largest absolute Gasteiger partial charge is 0.442 e. The Morgan fingerprint density at radius 1 is 1.42 bits per heavy atom. The highest BCUT2D eigenvalue weighted by molar-refractivity contribution is 7.80. The Labute approximate surface area is 156 Å². The molecule has 1 amide bonds. The molecule has 1 atom stereocenters. The molecule has 2 saturated heterocycles. The molecular weight excluding hydrogens is 359 g/mol. The van der Waals surface area contributed by atoms with Gasteiger partial charge in [0.05, 0.1) is 55.2 Å². The maximum absolute atomic E-state index is 14.5. The number of ether oxygens (including phenoxy) is 2.